The molecule has 1 atom stereocenters. The van der Waals surface area contributed by atoms with Crippen molar-refractivity contribution in [1.82, 2.24) is 15.1 Å². The number of rotatable bonds is 3. The summed E-state index contributed by atoms with van der Waals surface area (Å²) in [5.74, 6) is 0.852. The van der Waals surface area contributed by atoms with Crippen LogP contribution in [-0.2, 0) is 6.18 Å². The van der Waals surface area contributed by atoms with E-state index >= 15 is 0 Å². The van der Waals surface area contributed by atoms with Crippen LogP contribution in [0.15, 0.2) is 36.7 Å². The second kappa shape index (κ2) is 5.40. The van der Waals surface area contributed by atoms with Crippen molar-refractivity contribution >= 4 is 0 Å². The fourth-order valence-electron chi connectivity index (χ4n) is 2.28. The standard InChI is InChI=1S/C14H14F3N3O/c15-14(16,17)10-3-5-11(6-4-10)21-12-8-19-20(9-12)13-2-1-7-18-13/h3-6,8-9,13,18H,1-2,7H2. The van der Waals surface area contributed by atoms with Crippen LogP contribution in [0.2, 0.25) is 0 Å². The predicted octanol–water partition coefficient (Wildman–Crippen LogP) is 3.58. The normalized spacial score (nSPS) is 18.9. The molecule has 0 radical (unpaired) electrons. The Balaban J connectivity index is 1.69. The van der Waals surface area contributed by atoms with Crippen LogP contribution >= 0.6 is 0 Å². The summed E-state index contributed by atoms with van der Waals surface area (Å²) in [5.41, 5.74) is -0.694. The molecular formula is C14H14F3N3O. The van der Waals surface area contributed by atoms with Crippen molar-refractivity contribution in [3.05, 3.63) is 42.2 Å². The highest BCUT2D eigenvalue weighted by Gasteiger charge is 2.30. The maximum absolute atomic E-state index is 12.5. The second-order valence-electron chi connectivity index (χ2n) is 4.89. The molecule has 0 bridgehead atoms. The van der Waals surface area contributed by atoms with E-state index < -0.39 is 11.7 Å². The zero-order valence-corrected chi connectivity index (χ0v) is 11.1. The fraction of sp³-hybridized carbons (Fsp3) is 0.357. The van der Waals surface area contributed by atoms with E-state index in [1.807, 2.05) is 0 Å². The molecule has 1 aromatic heterocycles. The van der Waals surface area contributed by atoms with E-state index in [0.29, 0.717) is 11.5 Å². The minimum Gasteiger partial charge on any atom is -0.454 e. The summed E-state index contributed by atoms with van der Waals surface area (Å²) in [6, 6.07) is 4.60. The van der Waals surface area contributed by atoms with Gasteiger partial charge in [-0.05, 0) is 43.7 Å². The first-order valence-electron chi connectivity index (χ1n) is 6.65. The van der Waals surface area contributed by atoms with Crippen molar-refractivity contribution in [1.29, 1.82) is 0 Å². The molecule has 2 heterocycles. The largest absolute Gasteiger partial charge is 0.454 e. The number of aromatic nitrogens is 2. The van der Waals surface area contributed by atoms with Crippen LogP contribution in [0, 0.1) is 0 Å². The maximum atomic E-state index is 12.5. The SMILES string of the molecule is FC(F)(F)c1ccc(Oc2cnn(C3CCCN3)c2)cc1. The summed E-state index contributed by atoms with van der Waals surface area (Å²) in [6.45, 7) is 0.958. The van der Waals surface area contributed by atoms with Gasteiger partial charge in [0.25, 0.3) is 0 Å². The average Bonchev–Trinajstić information content (AvgIpc) is 3.08. The number of nitrogens with zero attached hydrogens (tertiary/aromatic N) is 2. The van der Waals surface area contributed by atoms with Gasteiger partial charge in [-0.25, -0.2) is 0 Å². The van der Waals surface area contributed by atoms with Crippen LogP contribution in [0.5, 0.6) is 11.5 Å². The van der Waals surface area contributed by atoms with Crippen LogP contribution in [0.1, 0.15) is 24.6 Å². The summed E-state index contributed by atoms with van der Waals surface area (Å²) >= 11 is 0. The molecule has 1 aromatic carbocycles. The summed E-state index contributed by atoms with van der Waals surface area (Å²) in [4.78, 5) is 0. The van der Waals surface area contributed by atoms with Crippen LogP contribution in [0.25, 0.3) is 0 Å². The Hall–Kier alpha value is -2.02. The molecule has 0 spiro atoms. The Morgan fingerprint density at radius 3 is 2.57 bits per heavy atom. The Morgan fingerprint density at radius 2 is 1.95 bits per heavy atom. The van der Waals surface area contributed by atoms with Gasteiger partial charge in [0.1, 0.15) is 11.9 Å². The molecular weight excluding hydrogens is 283 g/mol. The van der Waals surface area contributed by atoms with Gasteiger partial charge in [-0.1, -0.05) is 0 Å². The Kier molecular flexibility index (Phi) is 3.59. The molecule has 0 amide bonds. The van der Waals surface area contributed by atoms with Gasteiger partial charge in [-0.2, -0.15) is 18.3 Å². The topological polar surface area (TPSA) is 39.1 Å². The lowest BCUT2D eigenvalue weighted by Gasteiger charge is -2.10. The van der Waals surface area contributed by atoms with Gasteiger partial charge in [0.2, 0.25) is 0 Å². The first kappa shape index (κ1) is 13.9. The molecule has 112 valence electrons. The highest BCUT2D eigenvalue weighted by molar-refractivity contribution is 5.32. The zero-order valence-electron chi connectivity index (χ0n) is 11.1. The summed E-state index contributed by atoms with van der Waals surface area (Å²) in [5, 5.41) is 7.49. The molecule has 1 fully saturated rings. The monoisotopic (exact) mass is 297 g/mol. The molecule has 1 aliphatic heterocycles. The molecule has 0 saturated carbocycles. The Bertz CT molecular complexity index is 601. The minimum absolute atomic E-state index is 0.162. The lowest BCUT2D eigenvalue weighted by atomic mass is 10.2. The molecule has 1 N–H and O–H groups in total. The molecule has 1 unspecified atom stereocenters. The maximum Gasteiger partial charge on any atom is 0.416 e. The highest BCUT2D eigenvalue weighted by atomic mass is 19.4. The van der Waals surface area contributed by atoms with Gasteiger partial charge in [-0.3, -0.25) is 10.00 Å². The Labute approximate surface area is 119 Å². The van der Waals surface area contributed by atoms with Gasteiger partial charge in [-0.15, -0.1) is 0 Å². The third-order valence-corrected chi connectivity index (χ3v) is 3.35. The van der Waals surface area contributed by atoms with Crippen LogP contribution in [-0.4, -0.2) is 16.3 Å². The smallest absolute Gasteiger partial charge is 0.416 e. The second-order valence-corrected chi connectivity index (χ2v) is 4.89. The first-order valence-corrected chi connectivity index (χ1v) is 6.65. The van der Waals surface area contributed by atoms with E-state index in [2.05, 4.69) is 10.4 Å². The predicted molar refractivity (Wildman–Crippen MR) is 70.0 cm³/mol. The van der Waals surface area contributed by atoms with Gasteiger partial charge < -0.3 is 4.74 Å². The molecule has 4 nitrogen and oxygen atoms in total. The summed E-state index contributed by atoms with van der Waals surface area (Å²) < 4.78 is 44.7. The lowest BCUT2D eigenvalue weighted by molar-refractivity contribution is -0.137. The van der Waals surface area contributed by atoms with Gasteiger partial charge in [0.15, 0.2) is 5.75 Å². The van der Waals surface area contributed by atoms with Gasteiger partial charge in [0.05, 0.1) is 18.0 Å². The molecule has 2 aromatic rings. The van der Waals surface area contributed by atoms with Crippen molar-refractivity contribution in [3.8, 4) is 11.5 Å². The number of hydrogen-bond donors (Lipinski definition) is 1. The van der Waals surface area contributed by atoms with Crippen molar-refractivity contribution in [2.24, 2.45) is 0 Å². The quantitative estimate of drug-likeness (QED) is 0.941. The number of hydrogen-bond acceptors (Lipinski definition) is 3. The number of nitrogens with one attached hydrogen (secondary N) is 1. The van der Waals surface area contributed by atoms with Crippen LogP contribution in [0.4, 0.5) is 13.2 Å². The van der Waals surface area contributed by atoms with Gasteiger partial charge >= 0.3 is 6.18 Å². The lowest BCUT2D eigenvalue weighted by Crippen LogP contribution is -2.19. The minimum atomic E-state index is -4.34. The van der Waals surface area contributed by atoms with Crippen LogP contribution in [0.3, 0.4) is 0 Å². The van der Waals surface area contributed by atoms with E-state index in [0.717, 1.165) is 31.5 Å². The number of alkyl halides is 3. The average molecular weight is 297 g/mol. The molecule has 1 aliphatic rings. The number of ether oxygens (including phenoxy) is 1. The molecule has 1 saturated heterocycles. The fourth-order valence-corrected chi connectivity index (χ4v) is 2.28. The van der Waals surface area contributed by atoms with E-state index in [4.69, 9.17) is 4.74 Å². The van der Waals surface area contributed by atoms with Crippen molar-refractivity contribution in [2.75, 3.05) is 6.54 Å². The van der Waals surface area contributed by atoms with Crippen molar-refractivity contribution < 1.29 is 17.9 Å². The summed E-state index contributed by atoms with van der Waals surface area (Å²) in [6.07, 6.45) is 1.21. The molecule has 0 aliphatic carbocycles. The van der Waals surface area contributed by atoms with E-state index in [-0.39, 0.29) is 6.17 Å². The zero-order chi connectivity index (χ0) is 14.9. The number of benzene rings is 1. The summed E-state index contributed by atoms with van der Waals surface area (Å²) in [7, 11) is 0. The van der Waals surface area contributed by atoms with E-state index in [1.165, 1.54) is 12.1 Å². The Morgan fingerprint density at radius 1 is 1.19 bits per heavy atom. The molecule has 3 rings (SSSR count). The third-order valence-electron chi connectivity index (χ3n) is 3.35. The number of halogens is 3. The highest BCUT2D eigenvalue weighted by Crippen LogP contribution is 2.31. The van der Waals surface area contributed by atoms with E-state index in [1.54, 1.807) is 17.1 Å². The van der Waals surface area contributed by atoms with E-state index in [9.17, 15) is 13.2 Å². The third kappa shape index (κ3) is 3.18. The first-order chi connectivity index (χ1) is 10.0. The van der Waals surface area contributed by atoms with Gasteiger partial charge in [0, 0.05) is 0 Å². The molecule has 7 heteroatoms. The van der Waals surface area contributed by atoms with Crippen molar-refractivity contribution in [3.63, 3.8) is 0 Å². The van der Waals surface area contributed by atoms with Crippen molar-refractivity contribution in [2.45, 2.75) is 25.2 Å². The molecule has 21 heavy (non-hydrogen) atoms. The van der Waals surface area contributed by atoms with Crippen LogP contribution < -0.4 is 10.1 Å².